The molecule has 0 aliphatic heterocycles. The summed E-state index contributed by atoms with van der Waals surface area (Å²) < 4.78 is 18.9. The zero-order valence-corrected chi connectivity index (χ0v) is 9.45. The maximum atomic E-state index is 13.5. The summed E-state index contributed by atoms with van der Waals surface area (Å²) >= 11 is 0. The zero-order chi connectivity index (χ0) is 11.5. The fourth-order valence-corrected chi connectivity index (χ4v) is 1.69. The molecule has 0 amide bonds. The topological polar surface area (TPSA) is 29.5 Å². The zero-order valence-electron chi connectivity index (χ0n) is 9.45. The number of aliphatic hydroxyl groups excluding tert-OH is 1. The van der Waals surface area contributed by atoms with Gasteiger partial charge >= 0.3 is 0 Å². The predicted octanol–water partition coefficient (Wildman–Crippen LogP) is 3.06. The van der Waals surface area contributed by atoms with Crippen molar-refractivity contribution in [2.75, 3.05) is 6.61 Å². The van der Waals surface area contributed by atoms with Crippen LogP contribution in [0.1, 0.15) is 37.9 Å². The van der Waals surface area contributed by atoms with Gasteiger partial charge in [0.15, 0.2) is 0 Å². The van der Waals surface area contributed by atoms with Crippen LogP contribution in [-0.4, -0.2) is 11.7 Å². The van der Waals surface area contributed by atoms with E-state index in [1.165, 1.54) is 18.9 Å². The molecule has 1 N–H and O–H groups in total. The van der Waals surface area contributed by atoms with Gasteiger partial charge in [0.1, 0.15) is 11.6 Å². The van der Waals surface area contributed by atoms with Gasteiger partial charge in [0.05, 0.1) is 12.7 Å². The molecule has 1 atom stereocenters. The Hall–Kier alpha value is -1.09. The minimum absolute atomic E-state index is 0.314. The van der Waals surface area contributed by atoms with Gasteiger partial charge in [-0.25, -0.2) is 4.39 Å². The normalized spacial score (nSPS) is 17.2. The van der Waals surface area contributed by atoms with E-state index in [1.807, 2.05) is 0 Å². The Morgan fingerprint density at radius 1 is 1.50 bits per heavy atom. The minimum Gasteiger partial charge on any atom is -0.493 e. The average Bonchev–Trinajstić information content (AvgIpc) is 3.01. The summed E-state index contributed by atoms with van der Waals surface area (Å²) in [4.78, 5) is 0. The quantitative estimate of drug-likeness (QED) is 0.833. The second-order valence-corrected chi connectivity index (χ2v) is 4.44. The molecule has 0 heterocycles. The van der Waals surface area contributed by atoms with Crippen molar-refractivity contribution in [3.8, 4) is 5.75 Å². The molecule has 2 rings (SSSR count). The van der Waals surface area contributed by atoms with Crippen LogP contribution in [0.5, 0.6) is 5.75 Å². The summed E-state index contributed by atoms with van der Waals surface area (Å²) in [5, 5.41) is 9.27. The highest BCUT2D eigenvalue weighted by Gasteiger charge is 2.20. The Kier molecular flexibility index (Phi) is 3.44. The van der Waals surface area contributed by atoms with Gasteiger partial charge in [-0.2, -0.15) is 0 Å². The smallest absolute Gasteiger partial charge is 0.132 e. The molecule has 0 unspecified atom stereocenters. The van der Waals surface area contributed by atoms with Crippen molar-refractivity contribution in [2.24, 2.45) is 5.92 Å². The highest BCUT2D eigenvalue weighted by Crippen LogP contribution is 2.32. The third-order valence-corrected chi connectivity index (χ3v) is 2.91. The number of hydrogen-bond acceptors (Lipinski definition) is 2. The second kappa shape index (κ2) is 4.83. The summed E-state index contributed by atoms with van der Waals surface area (Å²) in [7, 11) is 0. The molecule has 3 heteroatoms. The molecule has 0 saturated heterocycles. The Morgan fingerprint density at radius 3 is 2.81 bits per heavy atom. The third kappa shape index (κ3) is 2.95. The summed E-state index contributed by atoms with van der Waals surface area (Å²) in [5.41, 5.74) is 0.314. The van der Waals surface area contributed by atoms with Crippen LogP contribution in [0.2, 0.25) is 0 Å². The van der Waals surface area contributed by atoms with Gasteiger partial charge in [0.2, 0.25) is 0 Å². The fraction of sp³-hybridized carbons (Fsp3) is 0.538. The lowest BCUT2D eigenvalue weighted by atomic mass is 10.1. The van der Waals surface area contributed by atoms with Crippen molar-refractivity contribution in [1.82, 2.24) is 0 Å². The van der Waals surface area contributed by atoms with E-state index in [4.69, 9.17) is 4.74 Å². The van der Waals surface area contributed by atoms with E-state index in [2.05, 4.69) is 0 Å². The van der Waals surface area contributed by atoms with Gasteiger partial charge in [-0.3, -0.25) is 0 Å². The molecular weight excluding hydrogens is 207 g/mol. The number of aliphatic hydroxyl groups is 1. The van der Waals surface area contributed by atoms with Crippen LogP contribution in [0.25, 0.3) is 0 Å². The molecule has 1 aliphatic rings. The molecular formula is C13H17FO2. The number of halogens is 1. The molecule has 0 spiro atoms. The van der Waals surface area contributed by atoms with Crippen LogP contribution < -0.4 is 4.74 Å². The number of hydrogen-bond donors (Lipinski definition) is 1. The Morgan fingerprint density at radius 2 is 2.25 bits per heavy atom. The lowest BCUT2D eigenvalue weighted by Gasteiger charge is -2.09. The molecule has 0 radical (unpaired) electrons. The molecule has 1 saturated carbocycles. The van der Waals surface area contributed by atoms with Gasteiger partial charge in [-0.1, -0.05) is 12.8 Å². The van der Waals surface area contributed by atoms with Crippen molar-refractivity contribution in [3.05, 3.63) is 29.6 Å². The summed E-state index contributed by atoms with van der Waals surface area (Å²) in [6.45, 7) is 2.20. The lowest BCUT2D eigenvalue weighted by molar-refractivity contribution is 0.194. The Bertz CT molecular complexity index is 359. The number of benzene rings is 1. The van der Waals surface area contributed by atoms with E-state index in [1.54, 1.807) is 19.1 Å². The van der Waals surface area contributed by atoms with Crippen molar-refractivity contribution in [3.63, 3.8) is 0 Å². The summed E-state index contributed by atoms with van der Waals surface area (Å²) in [5.74, 6) is 0.961. The van der Waals surface area contributed by atoms with E-state index in [-0.39, 0.29) is 0 Å². The van der Waals surface area contributed by atoms with Crippen LogP contribution in [-0.2, 0) is 0 Å². The second-order valence-electron chi connectivity index (χ2n) is 4.44. The molecule has 1 aromatic carbocycles. The first-order chi connectivity index (χ1) is 7.66. The van der Waals surface area contributed by atoms with Crippen LogP contribution >= 0.6 is 0 Å². The highest BCUT2D eigenvalue weighted by molar-refractivity contribution is 5.29. The van der Waals surface area contributed by atoms with Crippen LogP contribution in [0.15, 0.2) is 18.2 Å². The number of ether oxygens (including phenoxy) is 1. The Balaban J connectivity index is 1.91. The number of rotatable bonds is 5. The molecule has 2 nitrogen and oxygen atoms in total. The molecule has 1 aromatic rings. The maximum Gasteiger partial charge on any atom is 0.132 e. The first-order valence-corrected chi connectivity index (χ1v) is 5.77. The van der Waals surface area contributed by atoms with Crippen LogP contribution in [0, 0.1) is 11.7 Å². The third-order valence-electron chi connectivity index (χ3n) is 2.91. The van der Waals surface area contributed by atoms with E-state index >= 15 is 0 Å². The molecule has 88 valence electrons. The SMILES string of the molecule is C[C@H](O)c1ccc(OCCC2CC2)cc1F. The lowest BCUT2D eigenvalue weighted by Crippen LogP contribution is -2.00. The van der Waals surface area contributed by atoms with Gasteiger partial charge < -0.3 is 9.84 Å². The molecule has 1 aliphatic carbocycles. The van der Waals surface area contributed by atoms with Gasteiger partial charge in [0, 0.05) is 11.6 Å². The standard InChI is InChI=1S/C13H17FO2/c1-9(15)12-5-4-11(8-13(12)14)16-7-6-10-2-3-10/h4-5,8-10,15H,2-3,6-7H2,1H3/t9-/m0/s1. The van der Waals surface area contributed by atoms with Gasteiger partial charge in [0.25, 0.3) is 0 Å². The van der Waals surface area contributed by atoms with Gasteiger partial charge in [-0.15, -0.1) is 0 Å². The molecule has 16 heavy (non-hydrogen) atoms. The van der Waals surface area contributed by atoms with Crippen molar-refractivity contribution < 1.29 is 14.2 Å². The van der Waals surface area contributed by atoms with Crippen LogP contribution in [0.4, 0.5) is 4.39 Å². The Labute approximate surface area is 95.1 Å². The molecule has 0 aromatic heterocycles. The largest absolute Gasteiger partial charge is 0.493 e. The molecule has 0 bridgehead atoms. The minimum atomic E-state index is -0.777. The van der Waals surface area contributed by atoms with Crippen molar-refractivity contribution in [1.29, 1.82) is 0 Å². The van der Waals surface area contributed by atoms with E-state index in [0.29, 0.717) is 17.9 Å². The first kappa shape index (κ1) is 11.4. The highest BCUT2D eigenvalue weighted by atomic mass is 19.1. The van der Waals surface area contributed by atoms with Crippen molar-refractivity contribution >= 4 is 0 Å². The summed E-state index contributed by atoms with van der Waals surface area (Å²) in [6.07, 6.45) is 2.89. The van der Waals surface area contributed by atoms with E-state index in [0.717, 1.165) is 12.3 Å². The van der Waals surface area contributed by atoms with E-state index in [9.17, 15) is 9.50 Å². The first-order valence-electron chi connectivity index (χ1n) is 5.77. The predicted molar refractivity (Wildman–Crippen MR) is 59.9 cm³/mol. The molecule has 1 fully saturated rings. The maximum absolute atomic E-state index is 13.5. The fourth-order valence-electron chi connectivity index (χ4n) is 1.69. The van der Waals surface area contributed by atoms with E-state index < -0.39 is 11.9 Å². The summed E-state index contributed by atoms with van der Waals surface area (Å²) in [6, 6.07) is 4.62. The average molecular weight is 224 g/mol. The van der Waals surface area contributed by atoms with Crippen LogP contribution in [0.3, 0.4) is 0 Å². The monoisotopic (exact) mass is 224 g/mol. The van der Waals surface area contributed by atoms with Crippen molar-refractivity contribution in [2.45, 2.75) is 32.3 Å². The van der Waals surface area contributed by atoms with Gasteiger partial charge in [-0.05, 0) is 31.4 Å².